The predicted molar refractivity (Wildman–Crippen MR) is 355 cm³/mol. The number of aromatic nitrogens is 6. The van der Waals surface area contributed by atoms with Gasteiger partial charge < -0.3 is 35.8 Å². The lowest BCUT2D eigenvalue weighted by molar-refractivity contribution is 0.397. The molecular formula is C69H80N6O7S4. The Bertz CT molecular complexity index is 3090. The quantitative estimate of drug-likeness (QED) is 0.161. The van der Waals surface area contributed by atoms with Gasteiger partial charge in [-0.05, 0) is 195 Å². The van der Waals surface area contributed by atoms with E-state index in [2.05, 4.69) is 181 Å². The van der Waals surface area contributed by atoms with Crippen LogP contribution in [0.25, 0.3) is 21.6 Å². The van der Waals surface area contributed by atoms with Crippen LogP contribution in [0.2, 0.25) is 0 Å². The second-order valence-electron chi connectivity index (χ2n) is 18.6. The van der Waals surface area contributed by atoms with Crippen molar-refractivity contribution in [1.82, 2.24) is 30.0 Å². The highest BCUT2D eigenvalue weighted by atomic mass is 32.1. The molecule has 12 aromatic heterocycles. The van der Waals surface area contributed by atoms with Crippen molar-refractivity contribution in [3.63, 3.8) is 0 Å². The lowest BCUT2D eigenvalue weighted by atomic mass is 10.1. The number of hydrogen-bond acceptors (Lipinski definition) is 16. The fourth-order valence-electron chi connectivity index (χ4n) is 6.02. The monoisotopic (exact) mass is 1230 g/mol. The first kappa shape index (κ1) is 71.4. The van der Waals surface area contributed by atoms with Crippen LogP contribution in [0.3, 0.4) is 0 Å². The number of furan rings is 2. The van der Waals surface area contributed by atoms with Gasteiger partial charge in [-0.1, -0.05) is 76.1 Å². The van der Waals surface area contributed by atoms with Gasteiger partial charge in [-0.3, -0.25) is 0 Å². The lowest BCUT2D eigenvalue weighted by Crippen LogP contribution is -1.75. The summed E-state index contributed by atoms with van der Waals surface area (Å²) in [7, 11) is 2.00. The first-order valence-electron chi connectivity index (χ1n) is 27.1. The molecule has 0 aliphatic rings. The highest BCUT2D eigenvalue weighted by molar-refractivity contribution is 7.15. The maximum Gasteiger partial charge on any atom is 0.180 e. The Hall–Kier alpha value is -8.87. The molecule has 0 unspecified atom stereocenters. The van der Waals surface area contributed by atoms with Crippen molar-refractivity contribution < 1.29 is 31.2 Å². The summed E-state index contributed by atoms with van der Waals surface area (Å²) in [5.41, 5.74) is 9.42. The minimum absolute atomic E-state index is 0.856. The zero-order valence-corrected chi connectivity index (χ0v) is 54.9. The van der Waals surface area contributed by atoms with Gasteiger partial charge in [0.2, 0.25) is 0 Å². The first-order valence-corrected chi connectivity index (χ1v) is 30.5. The molecule has 12 heterocycles. The summed E-state index contributed by atoms with van der Waals surface area (Å²) in [5.74, 6) is 2.68. The zero-order chi connectivity index (χ0) is 62.6. The number of hydrogen-bond donors (Lipinski definition) is 0. The Morgan fingerprint density at radius 2 is 1.08 bits per heavy atom. The maximum absolute atomic E-state index is 4.83. The molecule has 14 rings (SSSR count). The highest BCUT2D eigenvalue weighted by Gasteiger charge is 1.99. The van der Waals surface area contributed by atoms with Crippen LogP contribution in [0.4, 0.5) is 0 Å². The summed E-state index contributed by atoms with van der Waals surface area (Å²) in [5, 5.41) is 14.8. The molecule has 452 valence electrons. The second-order valence-corrected chi connectivity index (χ2v) is 23.6. The van der Waals surface area contributed by atoms with Crippen LogP contribution >= 0.6 is 45.3 Å². The fraction of sp³-hybridized carbons (Fsp3) is 0.203. The number of benzene rings is 2. The number of thiophene rings is 4. The van der Waals surface area contributed by atoms with Gasteiger partial charge in [0.25, 0.3) is 0 Å². The average molecular weight is 1230 g/mol. The molecule has 0 spiro atoms. The summed E-state index contributed by atoms with van der Waals surface area (Å²) >= 11 is 7.29. The van der Waals surface area contributed by atoms with Crippen LogP contribution in [-0.4, -0.2) is 30.0 Å². The van der Waals surface area contributed by atoms with Crippen molar-refractivity contribution in [2.24, 2.45) is 7.05 Å². The van der Waals surface area contributed by atoms with E-state index in [1.807, 2.05) is 138 Å². The first-order chi connectivity index (χ1) is 41.4. The van der Waals surface area contributed by atoms with E-state index in [4.69, 9.17) is 13.3 Å². The second kappa shape index (κ2) is 43.7. The van der Waals surface area contributed by atoms with Crippen molar-refractivity contribution in [3.8, 4) is 21.6 Å². The van der Waals surface area contributed by atoms with Crippen LogP contribution in [0.1, 0.15) is 69.7 Å². The summed E-state index contributed by atoms with van der Waals surface area (Å²) in [4.78, 5) is 15.7. The van der Waals surface area contributed by atoms with Crippen molar-refractivity contribution in [2.75, 3.05) is 0 Å². The van der Waals surface area contributed by atoms with E-state index in [0.717, 1.165) is 34.2 Å². The SMILES string of the molecule is Cc1cc(-c2ccccc2)cs1.Cc1ccc(-c2ccccc2)s1.Cc1ccc(C)s1.Cc1ccco1.Cc1ccno1.Cc1ccoc1.Cc1ccon1.Cc1cnco1.Cc1cnoc1.Cc1cocn1.Cc1csc(C)c1.Cn1cccc1. The third-order valence-corrected chi connectivity index (χ3v) is 14.1. The fourth-order valence-corrected chi connectivity index (χ4v) is 9.08. The minimum atomic E-state index is 0.856. The van der Waals surface area contributed by atoms with Gasteiger partial charge in [-0.2, -0.15) is 0 Å². The standard InChI is InChI=1S/2C11H10S.2C6H8S.C5H7N.2C5H6O.5C4H5NO/c1-9-7-11(8-12-9)10-5-3-2-4-6-10;1-9-7-8-11(12-9)10-5-3-2-4-6-10;1-5-3-6(2)7-4-5;1-5-3-4-6(2)7-5;1-6-4-2-3-5-6;1-5-2-3-6-4-5;1-5-3-2-4-6-5;1-4-2-6-3-5-4;1-4-2-5-3-6-4;1-4-2-5-6-3-4;1-4-2-3-6-5-4;1-4-2-3-5-6-4/h2*2-8H,1H3;2*3-4H,1-2H3;2-5H,1H3;2*2-4H,1H3;5*2-3H,1H3. The summed E-state index contributed by atoms with van der Waals surface area (Å²) in [6, 6.07) is 47.3. The van der Waals surface area contributed by atoms with Crippen molar-refractivity contribution in [3.05, 3.63) is 301 Å². The number of aryl methyl sites for hydroxylation is 14. The van der Waals surface area contributed by atoms with Gasteiger partial charge in [0.05, 0.1) is 48.8 Å². The number of rotatable bonds is 2. The van der Waals surface area contributed by atoms with Gasteiger partial charge >= 0.3 is 0 Å². The molecule has 0 aliphatic carbocycles. The molecule has 0 saturated carbocycles. The van der Waals surface area contributed by atoms with Crippen molar-refractivity contribution in [1.29, 1.82) is 0 Å². The molecule has 0 atom stereocenters. The third-order valence-electron chi connectivity index (χ3n) is 10.3. The van der Waals surface area contributed by atoms with E-state index in [-0.39, 0.29) is 0 Å². The Morgan fingerprint density at radius 3 is 1.34 bits per heavy atom. The molecule has 0 N–H and O–H groups in total. The smallest absolute Gasteiger partial charge is 0.180 e. The van der Waals surface area contributed by atoms with Crippen LogP contribution in [-0.2, 0) is 7.05 Å². The summed E-state index contributed by atoms with van der Waals surface area (Å²) < 4.78 is 34.4. The molecule has 86 heavy (non-hydrogen) atoms. The van der Waals surface area contributed by atoms with Crippen LogP contribution < -0.4 is 0 Å². The molecule has 0 amide bonds. The van der Waals surface area contributed by atoms with E-state index in [0.29, 0.717) is 0 Å². The Morgan fingerprint density at radius 1 is 0.419 bits per heavy atom. The number of nitrogens with zero attached hydrogens (tertiary/aromatic N) is 6. The third kappa shape index (κ3) is 36.0. The number of oxazole rings is 2. The summed E-state index contributed by atoms with van der Waals surface area (Å²) in [6.45, 7) is 26.1. The molecule has 17 heteroatoms. The molecule has 0 saturated heterocycles. The van der Waals surface area contributed by atoms with E-state index < -0.39 is 0 Å². The van der Waals surface area contributed by atoms with Crippen molar-refractivity contribution >= 4 is 45.3 Å². The van der Waals surface area contributed by atoms with E-state index >= 15 is 0 Å². The van der Waals surface area contributed by atoms with Gasteiger partial charge in [0.1, 0.15) is 36.1 Å². The van der Waals surface area contributed by atoms with Gasteiger partial charge in [0.15, 0.2) is 12.8 Å². The van der Waals surface area contributed by atoms with Gasteiger partial charge in [-0.15, -0.1) is 45.3 Å². The molecular weight excluding hydrogens is 1150 g/mol. The van der Waals surface area contributed by atoms with E-state index in [1.54, 1.807) is 91.0 Å². The minimum Gasteiger partial charge on any atom is -0.472 e. The summed E-state index contributed by atoms with van der Waals surface area (Å²) in [6.07, 6.45) is 21.6. The lowest BCUT2D eigenvalue weighted by Gasteiger charge is -1.94. The molecule has 0 fully saturated rings. The van der Waals surface area contributed by atoms with E-state index in [1.165, 1.54) is 69.9 Å². The molecule has 0 radical (unpaired) electrons. The van der Waals surface area contributed by atoms with Gasteiger partial charge in [-0.25, -0.2) is 9.97 Å². The normalized spacial score (nSPS) is 9.28. The van der Waals surface area contributed by atoms with Crippen LogP contribution in [0, 0.1) is 90.0 Å². The predicted octanol–water partition coefficient (Wildman–Crippen LogP) is 21.3. The van der Waals surface area contributed by atoms with Crippen LogP contribution in [0.15, 0.2) is 263 Å². The zero-order valence-electron chi connectivity index (χ0n) is 51.6. The maximum atomic E-state index is 4.83. The molecule has 2 aromatic carbocycles. The molecule has 13 nitrogen and oxygen atoms in total. The molecule has 14 aromatic rings. The van der Waals surface area contributed by atoms with E-state index in [9.17, 15) is 0 Å². The van der Waals surface area contributed by atoms with Gasteiger partial charge in [0, 0.05) is 66.4 Å². The van der Waals surface area contributed by atoms with Crippen LogP contribution in [0.5, 0.6) is 0 Å². The van der Waals surface area contributed by atoms with Crippen molar-refractivity contribution in [2.45, 2.75) is 90.0 Å². The largest absolute Gasteiger partial charge is 0.472 e. The Labute approximate surface area is 523 Å². The molecule has 0 bridgehead atoms. The average Bonchev–Trinajstić information content (AvgIpc) is 4.44. The Kier molecular flexibility index (Phi) is 36.3. The molecule has 0 aliphatic heterocycles. The Balaban J connectivity index is 0.000000248. The topological polar surface area (TPSA) is 161 Å². The highest BCUT2D eigenvalue weighted by Crippen LogP contribution is 2.27.